The highest BCUT2D eigenvalue weighted by Crippen LogP contribution is 2.68. The Balaban J connectivity index is 1.34. The van der Waals surface area contributed by atoms with E-state index in [1.807, 2.05) is 0 Å². The Morgan fingerprint density at radius 2 is 1.66 bits per heavy atom. The Kier molecular flexibility index (Phi) is 8.99. The van der Waals surface area contributed by atoms with Crippen molar-refractivity contribution in [1.82, 2.24) is 5.32 Å². The molecule has 35 heavy (non-hydrogen) atoms. The van der Waals surface area contributed by atoms with Crippen LogP contribution >= 0.6 is 10.8 Å². The lowest BCUT2D eigenvalue weighted by Crippen LogP contribution is -2.55. The van der Waals surface area contributed by atoms with E-state index in [1.165, 1.54) is 77.0 Å². The molecule has 0 saturated heterocycles. The molecule has 4 fully saturated rings. The van der Waals surface area contributed by atoms with Crippen LogP contribution in [0.3, 0.4) is 0 Å². The summed E-state index contributed by atoms with van der Waals surface area (Å²) in [6, 6.07) is 0.503. The topological polar surface area (TPSA) is 66.4 Å². The fraction of sp³-hybridized carbons (Fsp3) is 1.00. The molecule has 6 heteroatoms. The molecule has 0 spiro atoms. The first-order valence-corrected chi connectivity index (χ1v) is 17.7. The van der Waals surface area contributed by atoms with E-state index >= 15 is 0 Å². The van der Waals surface area contributed by atoms with Crippen molar-refractivity contribution in [1.29, 1.82) is 0 Å². The summed E-state index contributed by atoms with van der Waals surface area (Å²) in [5, 5.41) is 3.60. The number of nitrogens with one attached hydrogen (secondary N) is 1. The van der Waals surface area contributed by atoms with Gasteiger partial charge in [0.15, 0.2) is 0 Å². The average molecular weight is 528 g/mol. The van der Waals surface area contributed by atoms with Crippen molar-refractivity contribution in [3.05, 3.63) is 0 Å². The van der Waals surface area contributed by atoms with E-state index in [0.29, 0.717) is 40.0 Å². The standard InChI is InChI=1S/C29H53NO3S2/c1-20(2)7-6-8-21(3)25-11-12-26-24-10-9-22-19-23(30-17-18-34-35(31,32)33)13-15-28(22,4)27(24)14-16-29(25,26)5/h20-27,30H,6-19H2,1-5H3,(H,31,32,33)/t21-,22?,23?,24+,25-,26+,27+,28+,29-/m1/s1. The molecule has 4 aliphatic carbocycles. The van der Waals surface area contributed by atoms with Crippen molar-refractivity contribution in [2.24, 2.45) is 52.3 Å². The molecule has 0 radical (unpaired) electrons. The van der Waals surface area contributed by atoms with Gasteiger partial charge in [-0.3, -0.25) is 4.55 Å². The maximum Gasteiger partial charge on any atom is 0.319 e. The number of fused-ring (bicyclic) bond motifs is 5. The first kappa shape index (κ1) is 28.2. The van der Waals surface area contributed by atoms with Gasteiger partial charge < -0.3 is 5.32 Å². The van der Waals surface area contributed by atoms with E-state index in [1.54, 1.807) is 0 Å². The molecule has 2 N–H and O–H groups in total. The predicted octanol–water partition coefficient (Wildman–Crippen LogP) is 7.60. The van der Waals surface area contributed by atoms with Crippen molar-refractivity contribution in [2.45, 2.75) is 118 Å². The molecular formula is C29H53NO3S2. The predicted molar refractivity (Wildman–Crippen MR) is 149 cm³/mol. The third kappa shape index (κ3) is 6.11. The van der Waals surface area contributed by atoms with Crippen LogP contribution in [0.4, 0.5) is 0 Å². The third-order valence-corrected chi connectivity index (χ3v) is 13.7. The molecule has 0 aromatic carbocycles. The fourth-order valence-electron chi connectivity index (χ4n) is 9.88. The van der Waals surface area contributed by atoms with Crippen molar-refractivity contribution in [3.8, 4) is 0 Å². The third-order valence-electron chi connectivity index (χ3n) is 11.6. The van der Waals surface area contributed by atoms with Crippen LogP contribution in [0.2, 0.25) is 0 Å². The average Bonchev–Trinajstić information content (AvgIpc) is 3.13. The molecule has 204 valence electrons. The van der Waals surface area contributed by atoms with E-state index in [4.69, 9.17) is 4.55 Å². The number of hydrogen-bond donors (Lipinski definition) is 2. The first-order chi connectivity index (χ1) is 16.4. The van der Waals surface area contributed by atoms with Gasteiger partial charge in [0.05, 0.1) is 0 Å². The summed E-state index contributed by atoms with van der Waals surface area (Å²) in [5.74, 6) is 6.68. The van der Waals surface area contributed by atoms with Crippen LogP contribution in [0.25, 0.3) is 0 Å². The Labute approximate surface area is 220 Å². The molecule has 0 aromatic heterocycles. The molecule has 4 rings (SSSR count). The van der Waals surface area contributed by atoms with Gasteiger partial charge in [0, 0.05) is 18.3 Å². The summed E-state index contributed by atoms with van der Waals surface area (Å²) < 4.78 is 30.9. The van der Waals surface area contributed by atoms with E-state index in [2.05, 4.69) is 39.9 Å². The Morgan fingerprint density at radius 1 is 0.943 bits per heavy atom. The molecule has 0 bridgehead atoms. The quantitative estimate of drug-likeness (QED) is 0.174. The largest absolute Gasteiger partial charge is 0.319 e. The highest BCUT2D eigenvalue weighted by atomic mass is 33.1. The van der Waals surface area contributed by atoms with Crippen LogP contribution in [-0.4, -0.2) is 31.3 Å². The molecule has 0 amide bonds. The van der Waals surface area contributed by atoms with Gasteiger partial charge in [0.1, 0.15) is 0 Å². The van der Waals surface area contributed by atoms with E-state index < -0.39 is 9.15 Å². The molecule has 9 atom stereocenters. The van der Waals surface area contributed by atoms with Gasteiger partial charge in [-0.25, -0.2) is 0 Å². The number of rotatable bonds is 10. The van der Waals surface area contributed by atoms with Crippen LogP contribution in [0.5, 0.6) is 0 Å². The molecule has 4 aliphatic rings. The van der Waals surface area contributed by atoms with Gasteiger partial charge in [-0.2, -0.15) is 8.42 Å². The summed E-state index contributed by atoms with van der Waals surface area (Å²) in [7, 11) is -3.28. The van der Waals surface area contributed by atoms with Crippen molar-refractivity contribution < 1.29 is 13.0 Å². The van der Waals surface area contributed by atoms with Crippen LogP contribution in [0, 0.1) is 52.3 Å². The smallest absolute Gasteiger partial charge is 0.313 e. The van der Waals surface area contributed by atoms with E-state index in [9.17, 15) is 8.42 Å². The lowest BCUT2D eigenvalue weighted by atomic mass is 9.44. The summed E-state index contributed by atoms with van der Waals surface area (Å²) in [5.41, 5.74) is 1.07. The normalized spacial score (nSPS) is 42.4. The second-order valence-corrected chi connectivity index (χ2v) is 17.3. The first-order valence-electron chi connectivity index (χ1n) is 14.8. The number of hydrogen-bond acceptors (Lipinski definition) is 4. The Hall–Kier alpha value is 0.220. The minimum absolute atomic E-state index is 0.416. The van der Waals surface area contributed by atoms with Crippen LogP contribution in [0.1, 0.15) is 112 Å². The van der Waals surface area contributed by atoms with Crippen molar-refractivity contribution in [3.63, 3.8) is 0 Å². The second-order valence-electron chi connectivity index (χ2n) is 13.9. The molecule has 0 heterocycles. The van der Waals surface area contributed by atoms with Gasteiger partial charge in [-0.1, -0.05) is 53.9 Å². The highest BCUT2D eigenvalue weighted by Gasteiger charge is 2.60. The van der Waals surface area contributed by atoms with Gasteiger partial charge in [0.25, 0.3) is 0 Å². The summed E-state index contributed by atoms with van der Waals surface area (Å²) in [6.45, 7) is 13.3. The fourth-order valence-corrected chi connectivity index (χ4v) is 11.2. The summed E-state index contributed by atoms with van der Waals surface area (Å²) in [6.07, 6.45) is 16.7. The molecular weight excluding hydrogens is 474 g/mol. The zero-order chi connectivity index (χ0) is 25.4. The van der Waals surface area contributed by atoms with Gasteiger partial charge in [-0.15, -0.1) is 0 Å². The second kappa shape index (κ2) is 11.1. The van der Waals surface area contributed by atoms with Crippen molar-refractivity contribution in [2.75, 3.05) is 12.3 Å². The zero-order valence-corrected chi connectivity index (χ0v) is 24.7. The minimum Gasteiger partial charge on any atom is -0.313 e. The molecule has 0 aromatic rings. The van der Waals surface area contributed by atoms with E-state index in [-0.39, 0.29) is 0 Å². The molecule has 2 unspecified atom stereocenters. The van der Waals surface area contributed by atoms with Crippen LogP contribution < -0.4 is 5.32 Å². The lowest BCUT2D eigenvalue weighted by Gasteiger charge is -2.61. The maximum absolute atomic E-state index is 11.0. The Bertz CT molecular complexity index is 817. The van der Waals surface area contributed by atoms with E-state index in [0.717, 1.165) is 41.4 Å². The lowest BCUT2D eigenvalue weighted by molar-refractivity contribution is -0.117. The summed E-state index contributed by atoms with van der Waals surface area (Å²) >= 11 is 0. The van der Waals surface area contributed by atoms with Crippen LogP contribution in [0.15, 0.2) is 0 Å². The maximum atomic E-state index is 11.0. The van der Waals surface area contributed by atoms with Gasteiger partial charge in [0.2, 0.25) is 0 Å². The van der Waals surface area contributed by atoms with Crippen molar-refractivity contribution >= 4 is 19.9 Å². The Morgan fingerprint density at radius 3 is 2.37 bits per heavy atom. The van der Waals surface area contributed by atoms with Gasteiger partial charge in [-0.05, 0) is 121 Å². The summed E-state index contributed by atoms with van der Waals surface area (Å²) in [4.78, 5) is 0. The highest BCUT2D eigenvalue weighted by molar-refractivity contribution is 8.69. The zero-order valence-electron chi connectivity index (χ0n) is 23.1. The molecule has 4 saturated carbocycles. The monoisotopic (exact) mass is 527 g/mol. The molecule has 0 aliphatic heterocycles. The van der Waals surface area contributed by atoms with Crippen LogP contribution in [-0.2, 0) is 9.15 Å². The SMILES string of the molecule is CC(C)CCC[C@@H](C)[C@H]1CC[C@H]2[C@@H]3CCC4CC(NCCSS(=O)(=O)O)CC[C@]4(C)[C@H]3CC[C@]12C. The van der Waals surface area contributed by atoms with Gasteiger partial charge >= 0.3 is 9.15 Å². The minimum atomic E-state index is -3.92. The molecule has 4 nitrogen and oxygen atoms in total.